The Morgan fingerprint density at radius 2 is 2.06 bits per heavy atom. The Labute approximate surface area is 106 Å². The summed E-state index contributed by atoms with van der Waals surface area (Å²) in [6.45, 7) is 8.88. The molecule has 0 aliphatic heterocycles. The second-order valence-electron chi connectivity index (χ2n) is 5.38. The van der Waals surface area contributed by atoms with Crippen LogP contribution in [-0.4, -0.2) is 35.5 Å². The maximum absolute atomic E-state index is 4.30. The summed E-state index contributed by atoms with van der Waals surface area (Å²) in [5.74, 6) is 0.779. The summed E-state index contributed by atoms with van der Waals surface area (Å²) in [7, 11) is 1.88. The summed E-state index contributed by atoms with van der Waals surface area (Å²) < 4.78 is 3.48. The van der Waals surface area contributed by atoms with Crippen LogP contribution in [0.2, 0.25) is 0 Å². The Kier molecular flexibility index (Phi) is 3.16. The van der Waals surface area contributed by atoms with Crippen LogP contribution in [0.3, 0.4) is 0 Å². The molecule has 2 rings (SSSR count). The molecule has 98 valence electrons. The van der Waals surface area contributed by atoms with E-state index in [1.165, 1.54) is 0 Å². The van der Waals surface area contributed by atoms with Crippen molar-refractivity contribution in [1.82, 2.24) is 35.3 Å². The lowest BCUT2D eigenvalue weighted by Crippen LogP contribution is -2.35. The molecule has 0 bridgehead atoms. The third-order valence-electron chi connectivity index (χ3n) is 2.53. The summed E-state index contributed by atoms with van der Waals surface area (Å²) in [6, 6.07) is 0. The quantitative estimate of drug-likeness (QED) is 0.862. The zero-order chi connectivity index (χ0) is 13.3. The summed E-state index contributed by atoms with van der Waals surface area (Å²) in [6.07, 6.45) is 1.91. The number of aromatic nitrogens is 6. The molecule has 2 aromatic heterocycles. The third-order valence-corrected chi connectivity index (χ3v) is 2.53. The second kappa shape index (κ2) is 4.49. The maximum atomic E-state index is 4.30. The summed E-state index contributed by atoms with van der Waals surface area (Å²) in [4.78, 5) is 0. The van der Waals surface area contributed by atoms with E-state index in [4.69, 9.17) is 0 Å². The molecule has 0 atom stereocenters. The van der Waals surface area contributed by atoms with Gasteiger partial charge in [-0.15, -0.1) is 5.10 Å². The van der Waals surface area contributed by atoms with Gasteiger partial charge in [0.05, 0.1) is 18.4 Å². The van der Waals surface area contributed by atoms with Crippen LogP contribution in [-0.2, 0) is 13.6 Å². The van der Waals surface area contributed by atoms with Crippen LogP contribution >= 0.6 is 0 Å². The van der Waals surface area contributed by atoms with Gasteiger partial charge in [0, 0.05) is 12.6 Å². The maximum Gasteiger partial charge on any atom is 0.170 e. The minimum atomic E-state index is 0.0285. The number of hydrogen-bond donors (Lipinski definition) is 1. The minimum Gasteiger partial charge on any atom is -0.305 e. The highest BCUT2D eigenvalue weighted by atomic mass is 15.6. The van der Waals surface area contributed by atoms with E-state index in [9.17, 15) is 0 Å². The third kappa shape index (κ3) is 2.73. The molecule has 0 fully saturated rings. The Balaban J connectivity index is 2.25. The average molecular weight is 249 g/mol. The molecule has 0 aromatic carbocycles. The van der Waals surface area contributed by atoms with Crippen molar-refractivity contribution in [1.29, 1.82) is 0 Å². The Morgan fingerprint density at radius 3 is 2.61 bits per heavy atom. The van der Waals surface area contributed by atoms with Gasteiger partial charge in [0.2, 0.25) is 0 Å². The summed E-state index contributed by atoms with van der Waals surface area (Å²) in [5.41, 5.74) is 1.84. The largest absolute Gasteiger partial charge is 0.305 e. The van der Waals surface area contributed by atoms with E-state index in [2.05, 4.69) is 46.7 Å². The molecule has 18 heavy (non-hydrogen) atoms. The molecular weight excluding hydrogens is 230 g/mol. The van der Waals surface area contributed by atoms with Crippen LogP contribution in [0.1, 0.15) is 32.3 Å². The SMILES string of the molecule is Cc1nn(C)cc1-n1nnnc1CNC(C)(C)C. The standard InChI is InChI=1S/C11H19N7/c1-8-9(7-17(5)14-8)18-10(13-15-16-18)6-12-11(2,3)4/h7,12H,6H2,1-5H3. The first-order valence-electron chi connectivity index (χ1n) is 5.90. The fourth-order valence-corrected chi connectivity index (χ4v) is 1.64. The van der Waals surface area contributed by atoms with Crippen molar-refractivity contribution in [3.8, 4) is 5.69 Å². The normalized spacial score (nSPS) is 12.1. The van der Waals surface area contributed by atoms with Gasteiger partial charge in [-0.25, -0.2) is 0 Å². The van der Waals surface area contributed by atoms with Gasteiger partial charge < -0.3 is 5.32 Å². The van der Waals surface area contributed by atoms with Gasteiger partial charge in [-0.3, -0.25) is 4.68 Å². The van der Waals surface area contributed by atoms with Crippen LogP contribution in [0.25, 0.3) is 5.69 Å². The molecule has 0 spiro atoms. The predicted molar refractivity (Wildman–Crippen MR) is 67.2 cm³/mol. The molecule has 1 N–H and O–H groups in total. The average Bonchev–Trinajstić information content (AvgIpc) is 2.80. The van der Waals surface area contributed by atoms with Gasteiger partial charge in [-0.1, -0.05) is 0 Å². The molecule has 0 aliphatic carbocycles. The molecule has 2 heterocycles. The van der Waals surface area contributed by atoms with Gasteiger partial charge >= 0.3 is 0 Å². The minimum absolute atomic E-state index is 0.0285. The first kappa shape index (κ1) is 12.7. The molecule has 0 saturated carbocycles. The molecule has 0 saturated heterocycles. The molecule has 2 aromatic rings. The van der Waals surface area contributed by atoms with E-state index in [1.54, 1.807) is 9.36 Å². The smallest absolute Gasteiger partial charge is 0.170 e. The van der Waals surface area contributed by atoms with Crippen molar-refractivity contribution < 1.29 is 0 Å². The first-order valence-corrected chi connectivity index (χ1v) is 5.90. The van der Waals surface area contributed by atoms with E-state index in [1.807, 2.05) is 20.2 Å². The molecule has 0 amide bonds. The Morgan fingerprint density at radius 1 is 1.33 bits per heavy atom. The fraction of sp³-hybridized carbons (Fsp3) is 0.636. The van der Waals surface area contributed by atoms with E-state index in [-0.39, 0.29) is 5.54 Å². The number of hydrogen-bond acceptors (Lipinski definition) is 5. The van der Waals surface area contributed by atoms with Crippen molar-refractivity contribution >= 4 is 0 Å². The molecule has 0 unspecified atom stereocenters. The molecule has 7 nitrogen and oxygen atoms in total. The molecule has 0 aliphatic rings. The number of aryl methyl sites for hydroxylation is 2. The number of rotatable bonds is 3. The van der Waals surface area contributed by atoms with Crippen LogP contribution < -0.4 is 5.32 Å². The number of tetrazole rings is 1. The summed E-state index contributed by atoms with van der Waals surface area (Å²) in [5, 5.41) is 19.5. The highest BCUT2D eigenvalue weighted by Gasteiger charge is 2.15. The zero-order valence-corrected chi connectivity index (χ0v) is 11.5. The lowest BCUT2D eigenvalue weighted by molar-refractivity contribution is 0.415. The number of nitrogens with zero attached hydrogens (tertiary/aromatic N) is 6. The fourth-order valence-electron chi connectivity index (χ4n) is 1.64. The van der Waals surface area contributed by atoms with E-state index >= 15 is 0 Å². The monoisotopic (exact) mass is 249 g/mol. The van der Waals surface area contributed by atoms with Gasteiger partial charge in [0.15, 0.2) is 5.82 Å². The second-order valence-corrected chi connectivity index (χ2v) is 5.38. The Hall–Kier alpha value is -1.76. The van der Waals surface area contributed by atoms with Crippen LogP contribution in [0.15, 0.2) is 6.20 Å². The molecule has 0 radical (unpaired) electrons. The highest BCUT2D eigenvalue weighted by Crippen LogP contribution is 2.12. The van der Waals surface area contributed by atoms with E-state index < -0.39 is 0 Å². The van der Waals surface area contributed by atoms with Crippen LogP contribution in [0.5, 0.6) is 0 Å². The summed E-state index contributed by atoms with van der Waals surface area (Å²) >= 11 is 0. The van der Waals surface area contributed by atoms with E-state index in [0.717, 1.165) is 17.2 Å². The van der Waals surface area contributed by atoms with Gasteiger partial charge in [0.25, 0.3) is 0 Å². The van der Waals surface area contributed by atoms with Crippen LogP contribution in [0, 0.1) is 6.92 Å². The van der Waals surface area contributed by atoms with Crippen LogP contribution in [0.4, 0.5) is 0 Å². The molecular formula is C11H19N7. The highest BCUT2D eigenvalue weighted by molar-refractivity contribution is 5.32. The lowest BCUT2D eigenvalue weighted by atomic mass is 10.1. The van der Waals surface area contributed by atoms with Crippen molar-refractivity contribution in [2.24, 2.45) is 7.05 Å². The number of nitrogens with one attached hydrogen (secondary N) is 1. The van der Waals surface area contributed by atoms with Crippen molar-refractivity contribution in [2.75, 3.05) is 0 Å². The van der Waals surface area contributed by atoms with Crippen molar-refractivity contribution in [2.45, 2.75) is 39.8 Å². The van der Waals surface area contributed by atoms with E-state index in [0.29, 0.717) is 6.54 Å². The topological polar surface area (TPSA) is 73.5 Å². The van der Waals surface area contributed by atoms with Crippen molar-refractivity contribution in [3.05, 3.63) is 17.7 Å². The lowest BCUT2D eigenvalue weighted by Gasteiger charge is -2.19. The first-order chi connectivity index (χ1) is 8.37. The predicted octanol–water partition coefficient (Wildman–Crippen LogP) is 0.592. The van der Waals surface area contributed by atoms with Gasteiger partial charge in [0.1, 0.15) is 5.69 Å². The van der Waals surface area contributed by atoms with Gasteiger partial charge in [-0.05, 0) is 38.1 Å². The molecule has 7 heteroatoms. The Bertz CT molecular complexity index is 532. The van der Waals surface area contributed by atoms with Crippen molar-refractivity contribution in [3.63, 3.8) is 0 Å². The zero-order valence-electron chi connectivity index (χ0n) is 11.5. The van der Waals surface area contributed by atoms with Gasteiger partial charge in [-0.2, -0.15) is 9.78 Å².